The quantitative estimate of drug-likeness (QED) is 0.686. The molecular weight excluding hydrogens is 365 g/mol. The Labute approximate surface area is 159 Å². The second-order valence-electron chi connectivity index (χ2n) is 5.84. The Morgan fingerprint density at radius 3 is 2.64 bits per heavy atom. The lowest BCUT2D eigenvalue weighted by atomic mass is 10.1. The van der Waals surface area contributed by atoms with Gasteiger partial charge in [0, 0.05) is 6.07 Å². The van der Waals surface area contributed by atoms with Gasteiger partial charge in [-0.3, -0.25) is 9.59 Å². The monoisotopic (exact) mass is 381 g/mol. The van der Waals surface area contributed by atoms with Gasteiger partial charge in [-0.2, -0.15) is 5.10 Å². The van der Waals surface area contributed by atoms with Crippen LogP contribution in [-0.4, -0.2) is 28.8 Å². The highest BCUT2D eigenvalue weighted by atomic mass is 19.1. The van der Waals surface area contributed by atoms with Crippen LogP contribution < -0.4 is 10.9 Å². The first kappa shape index (κ1) is 19.0. The molecule has 0 bridgehead atoms. The summed E-state index contributed by atoms with van der Waals surface area (Å²) in [7, 11) is 1.24. The number of carbonyl (C=O) groups is 2. The lowest BCUT2D eigenvalue weighted by Gasteiger charge is -2.10. The zero-order chi connectivity index (χ0) is 20.1. The Hall–Kier alpha value is -3.81. The van der Waals surface area contributed by atoms with Crippen LogP contribution in [0.5, 0.6) is 0 Å². The summed E-state index contributed by atoms with van der Waals surface area (Å²) in [4.78, 5) is 36.4. The number of amides is 1. The van der Waals surface area contributed by atoms with Crippen molar-refractivity contribution in [2.45, 2.75) is 6.54 Å². The molecule has 1 aromatic heterocycles. The number of hydrogen-bond donors (Lipinski definition) is 1. The lowest BCUT2D eigenvalue weighted by Crippen LogP contribution is -2.27. The summed E-state index contributed by atoms with van der Waals surface area (Å²) in [6.07, 6.45) is 0. The maximum absolute atomic E-state index is 13.3. The molecule has 0 saturated carbocycles. The number of ether oxygens (including phenoxy) is 1. The average Bonchev–Trinajstić information content (AvgIpc) is 2.69. The van der Waals surface area contributed by atoms with Crippen molar-refractivity contribution in [3.05, 3.63) is 93.7 Å². The highest BCUT2D eigenvalue weighted by molar-refractivity contribution is 6.06. The maximum atomic E-state index is 13.3. The fourth-order valence-corrected chi connectivity index (χ4v) is 2.56. The van der Waals surface area contributed by atoms with E-state index in [0.717, 1.165) is 4.68 Å². The largest absolute Gasteiger partial charge is 0.465 e. The van der Waals surface area contributed by atoms with Crippen molar-refractivity contribution in [1.82, 2.24) is 9.78 Å². The Balaban J connectivity index is 1.86. The summed E-state index contributed by atoms with van der Waals surface area (Å²) in [5, 5.41) is 6.63. The number of rotatable bonds is 5. The zero-order valence-corrected chi connectivity index (χ0v) is 14.9. The van der Waals surface area contributed by atoms with Crippen LogP contribution in [0.15, 0.2) is 65.5 Å². The van der Waals surface area contributed by atoms with Crippen molar-refractivity contribution in [1.29, 1.82) is 0 Å². The minimum Gasteiger partial charge on any atom is -0.465 e. The maximum Gasteiger partial charge on any atom is 0.339 e. The lowest BCUT2D eigenvalue weighted by molar-refractivity contribution is 0.0602. The molecule has 1 N–H and O–H groups in total. The zero-order valence-electron chi connectivity index (χ0n) is 14.9. The van der Waals surface area contributed by atoms with Gasteiger partial charge in [0.05, 0.1) is 24.9 Å². The summed E-state index contributed by atoms with van der Waals surface area (Å²) in [5.74, 6) is -1.64. The number of anilines is 1. The normalized spacial score (nSPS) is 10.4. The molecule has 142 valence electrons. The van der Waals surface area contributed by atoms with Gasteiger partial charge in [-0.25, -0.2) is 13.9 Å². The third-order valence-corrected chi connectivity index (χ3v) is 3.90. The molecule has 0 atom stereocenters. The minimum atomic E-state index is -0.607. The number of aromatic nitrogens is 2. The standard InChI is InChI=1S/C20H16FN3O4/c1-28-20(27)15-7-2-3-8-16(15)22-19(26)17-9-10-18(25)24(23-17)12-13-5-4-6-14(21)11-13/h2-11H,12H2,1H3,(H,22,26). The molecule has 1 amide bonds. The van der Waals surface area contributed by atoms with Gasteiger partial charge in [-0.05, 0) is 35.9 Å². The van der Waals surface area contributed by atoms with E-state index < -0.39 is 23.3 Å². The number of nitrogens with zero attached hydrogens (tertiary/aromatic N) is 2. The van der Waals surface area contributed by atoms with Crippen molar-refractivity contribution in [3.8, 4) is 0 Å². The molecule has 0 spiro atoms. The Morgan fingerprint density at radius 1 is 1.11 bits per heavy atom. The molecule has 1 heterocycles. The van der Waals surface area contributed by atoms with E-state index in [2.05, 4.69) is 10.4 Å². The van der Waals surface area contributed by atoms with E-state index >= 15 is 0 Å². The van der Waals surface area contributed by atoms with Crippen LogP contribution in [0.4, 0.5) is 10.1 Å². The molecule has 0 aliphatic carbocycles. The number of esters is 1. The van der Waals surface area contributed by atoms with E-state index in [-0.39, 0.29) is 23.5 Å². The van der Waals surface area contributed by atoms with E-state index in [1.807, 2.05) is 0 Å². The number of halogens is 1. The number of nitrogens with one attached hydrogen (secondary N) is 1. The van der Waals surface area contributed by atoms with E-state index in [4.69, 9.17) is 4.74 Å². The number of hydrogen-bond acceptors (Lipinski definition) is 5. The topological polar surface area (TPSA) is 90.3 Å². The summed E-state index contributed by atoms with van der Waals surface area (Å²) in [6.45, 7) is 0.0104. The smallest absolute Gasteiger partial charge is 0.339 e. The third kappa shape index (κ3) is 4.29. The fourth-order valence-electron chi connectivity index (χ4n) is 2.56. The predicted octanol–water partition coefficient (Wildman–Crippen LogP) is 2.47. The Morgan fingerprint density at radius 2 is 1.89 bits per heavy atom. The van der Waals surface area contributed by atoms with Crippen LogP contribution in [0.25, 0.3) is 0 Å². The summed E-state index contributed by atoms with van der Waals surface area (Å²) in [5.41, 5.74) is 0.505. The van der Waals surface area contributed by atoms with Gasteiger partial charge in [-0.1, -0.05) is 24.3 Å². The van der Waals surface area contributed by atoms with E-state index in [0.29, 0.717) is 5.56 Å². The number of para-hydroxylation sites is 1. The van der Waals surface area contributed by atoms with E-state index in [1.165, 1.54) is 43.5 Å². The predicted molar refractivity (Wildman–Crippen MR) is 99.7 cm³/mol. The molecule has 3 rings (SSSR count). The van der Waals surface area contributed by atoms with E-state index in [1.54, 1.807) is 24.3 Å². The van der Waals surface area contributed by atoms with Gasteiger partial charge in [0.1, 0.15) is 11.5 Å². The van der Waals surface area contributed by atoms with Crippen molar-refractivity contribution in [2.75, 3.05) is 12.4 Å². The Kier molecular flexibility index (Phi) is 5.59. The summed E-state index contributed by atoms with van der Waals surface area (Å²) < 4.78 is 19.1. The second kappa shape index (κ2) is 8.26. The average molecular weight is 381 g/mol. The van der Waals surface area contributed by atoms with Crippen LogP contribution >= 0.6 is 0 Å². The molecule has 0 radical (unpaired) electrons. The molecule has 7 nitrogen and oxygen atoms in total. The van der Waals surface area contributed by atoms with Crippen LogP contribution in [0, 0.1) is 5.82 Å². The van der Waals surface area contributed by atoms with Crippen LogP contribution in [0.1, 0.15) is 26.4 Å². The third-order valence-electron chi connectivity index (χ3n) is 3.90. The van der Waals surface area contributed by atoms with Crippen LogP contribution in [0.2, 0.25) is 0 Å². The first-order valence-electron chi connectivity index (χ1n) is 8.29. The molecule has 3 aromatic rings. The van der Waals surface area contributed by atoms with Crippen molar-refractivity contribution < 1.29 is 18.7 Å². The molecular formula is C20H16FN3O4. The Bertz CT molecular complexity index is 1090. The highest BCUT2D eigenvalue weighted by Gasteiger charge is 2.16. The van der Waals surface area contributed by atoms with Gasteiger partial charge in [-0.15, -0.1) is 0 Å². The summed E-state index contributed by atoms with van der Waals surface area (Å²) in [6, 6.07) is 14.6. The molecule has 0 fully saturated rings. The molecule has 0 unspecified atom stereocenters. The SMILES string of the molecule is COC(=O)c1ccccc1NC(=O)c1ccc(=O)n(Cc2cccc(F)c2)n1. The first-order chi connectivity index (χ1) is 13.5. The molecule has 28 heavy (non-hydrogen) atoms. The van der Waals surface area contributed by atoms with Crippen molar-refractivity contribution >= 4 is 17.6 Å². The van der Waals surface area contributed by atoms with Crippen LogP contribution in [-0.2, 0) is 11.3 Å². The van der Waals surface area contributed by atoms with Gasteiger partial charge in [0.15, 0.2) is 0 Å². The van der Waals surface area contributed by atoms with E-state index in [9.17, 15) is 18.8 Å². The van der Waals surface area contributed by atoms with Crippen molar-refractivity contribution in [2.24, 2.45) is 0 Å². The van der Waals surface area contributed by atoms with Gasteiger partial charge in [0.2, 0.25) is 0 Å². The molecule has 0 aliphatic heterocycles. The van der Waals surface area contributed by atoms with Gasteiger partial charge < -0.3 is 10.1 Å². The molecule has 2 aromatic carbocycles. The van der Waals surface area contributed by atoms with Crippen LogP contribution in [0.3, 0.4) is 0 Å². The second-order valence-corrected chi connectivity index (χ2v) is 5.84. The van der Waals surface area contributed by atoms with Gasteiger partial charge in [0.25, 0.3) is 11.5 Å². The first-order valence-corrected chi connectivity index (χ1v) is 8.29. The molecule has 0 aliphatic rings. The fraction of sp³-hybridized carbons (Fsp3) is 0.100. The minimum absolute atomic E-state index is 0.0104. The molecule has 8 heteroatoms. The molecule has 0 saturated heterocycles. The highest BCUT2D eigenvalue weighted by Crippen LogP contribution is 2.16. The van der Waals surface area contributed by atoms with Crippen molar-refractivity contribution in [3.63, 3.8) is 0 Å². The number of benzene rings is 2. The number of carbonyl (C=O) groups excluding carboxylic acids is 2. The van der Waals surface area contributed by atoms with Gasteiger partial charge >= 0.3 is 5.97 Å². The number of methoxy groups -OCH3 is 1. The summed E-state index contributed by atoms with van der Waals surface area (Å²) >= 11 is 0.